The Balaban J connectivity index is 1.30. The minimum atomic E-state index is -3.35. The number of nitrogens with one attached hydrogen (secondary N) is 1. The summed E-state index contributed by atoms with van der Waals surface area (Å²) in [6.07, 6.45) is 2.01. The summed E-state index contributed by atoms with van der Waals surface area (Å²) in [7, 11) is -3.35. The lowest BCUT2D eigenvalue weighted by atomic mass is 10.2. The average Bonchev–Trinajstić information content (AvgIpc) is 3.58. The number of carbonyl (C=O) groups excluding carboxylic acids is 1. The van der Waals surface area contributed by atoms with Crippen molar-refractivity contribution in [2.75, 3.05) is 19.5 Å². The molecule has 5 aromatic rings. The number of fused-ring (bicyclic) bond motifs is 1. The summed E-state index contributed by atoms with van der Waals surface area (Å²) in [5.41, 5.74) is 3.20. The summed E-state index contributed by atoms with van der Waals surface area (Å²) >= 11 is 8.01. The van der Waals surface area contributed by atoms with Gasteiger partial charge in [-0.15, -0.1) is 11.3 Å². The van der Waals surface area contributed by atoms with Gasteiger partial charge in [0, 0.05) is 24.1 Å². The van der Waals surface area contributed by atoms with E-state index in [0.717, 1.165) is 27.3 Å². The summed E-state index contributed by atoms with van der Waals surface area (Å²) < 4.78 is 37.3. The third-order valence-corrected chi connectivity index (χ3v) is 9.28. The average molecular weight is 620 g/mol. The number of para-hydroxylation sites is 1. The fourth-order valence-electron chi connectivity index (χ4n) is 4.58. The van der Waals surface area contributed by atoms with E-state index in [0.29, 0.717) is 41.1 Å². The fourth-order valence-corrected chi connectivity index (χ4v) is 6.46. The third-order valence-electron chi connectivity index (χ3n) is 6.69. The minimum absolute atomic E-state index is 0.230. The number of rotatable bonds is 7. The molecule has 0 saturated carbocycles. The molecule has 42 heavy (non-hydrogen) atoms. The molecule has 1 aliphatic rings. The van der Waals surface area contributed by atoms with Crippen LogP contribution in [0.15, 0.2) is 89.8 Å². The van der Waals surface area contributed by atoms with Crippen molar-refractivity contribution in [3.8, 4) is 38.2 Å². The van der Waals surface area contributed by atoms with Crippen molar-refractivity contribution in [1.29, 1.82) is 0 Å². The molecule has 2 aromatic heterocycles. The van der Waals surface area contributed by atoms with Crippen LogP contribution in [0, 0.1) is 0 Å². The third kappa shape index (κ3) is 5.92. The topological polar surface area (TPSA) is 99.5 Å². The lowest BCUT2D eigenvalue weighted by molar-refractivity contribution is 0.0945. The number of nitrogens with zero attached hydrogens (tertiary/aromatic N) is 2. The van der Waals surface area contributed by atoms with Crippen molar-refractivity contribution in [3.05, 3.63) is 101 Å². The summed E-state index contributed by atoms with van der Waals surface area (Å²) in [4.78, 5) is 15.3. The van der Waals surface area contributed by atoms with Crippen LogP contribution >= 0.6 is 22.9 Å². The first-order chi connectivity index (χ1) is 20.3. The molecule has 0 unspecified atom stereocenters. The maximum absolute atomic E-state index is 13.3. The second-order valence-electron chi connectivity index (χ2n) is 9.76. The summed E-state index contributed by atoms with van der Waals surface area (Å²) in [5.74, 6) is 1.02. The van der Waals surface area contributed by atoms with E-state index in [-0.39, 0.29) is 23.0 Å². The minimum Gasteiger partial charge on any atom is -0.490 e. The van der Waals surface area contributed by atoms with Crippen molar-refractivity contribution in [1.82, 2.24) is 15.1 Å². The standard InChI is InChI=1S/C31H26ClN3O5S2/c1-42(37,38)22-7-4-6-21(17-22)29-12-13-30(41-29)26-18-24(34-35(26)25-9-3-2-8-23(25)32)31(36)33-19-20-10-11-27-28(16-20)40-15-5-14-39-27/h2-4,6-13,16-18H,5,14-15,19H2,1H3,(H,33,36). The van der Waals surface area contributed by atoms with Crippen LogP contribution in [0.3, 0.4) is 0 Å². The zero-order chi connectivity index (χ0) is 29.3. The van der Waals surface area contributed by atoms with Crippen molar-refractivity contribution >= 4 is 38.7 Å². The van der Waals surface area contributed by atoms with E-state index < -0.39 is 9.84 Å². The quantitative estimate of drug-likeness (QED) is 0.226. The largest absolute Gasteiger partial charge is 0.490 e. The normalized spacial score (nSPS) is 13.0. The molecule has 1 amide bonds. The zero-order valence-electron chi connectivity index (χ0n) is 22.5. The van der Waals surface area contributed by atoms with Crippen LogP contribution in [0.4, 0.5) is 0 Å². The molecule has 11 heteroatoms. The van der Waals surface area contributed by atoms with E-state index in [1.807, 2.05) is 54.6 Å². The summed E-state index contributed by atoms with van der Waals surface area (Å²) in [5, 5.41) is 8.08. The Morgan fingerprint density at radius 1 is 0.952 bits per heavy atom. The van der Waals surface area contributed by atoms with Gasteiger partial charge >= 0.3 is 0 Å². The maximum Gasteiger partial charge on any atom is 0.272 e. The van der Waals surface area contributed by atoms with E-state index in [1.165, 1.54) is 17.6 Å². The van der Waals surface area contributed by atoms with Crippen LogP contribution < -0.4 is 14.8 Å². The SMILES string of the molecule is CS(=O)(=O)c1cccc(-c2ccc(-c3cc(C(=O)NCc4ccc5c(c4)OCCCO5)nn3-c3ccccc3Cl)s2)c1. The van der Waals surface area contributed by atoms with Crippen molar-refractivity contribution < 1.29 is 22.7 Å². The highest BCUT2D eigenvalue weighted by molar-refractivity contribution is 7.90. The first-order valence-corrected chi connectivity index (χ1v) is 16.3. The van der Waals surface area contributed by atoms with Crippen LogP contribution in [-0.2, 0) is 16.4 Å². The Kier molecular flexibility index (Phi) is 7.76. The smallest absolute Gasteiger partial charge is 0.272 e. The van der Waals surface area contributed by atoms with Crippen LogP contribution in [0.1, 0.15) is 22.5 Å². The zero-order valence-corrected chi connectivity index (χ0v) is 24.9. The Labute approximate surface area is 252 Å². The number of hydrogen-bond acceptors (Lipinski definition) is 7. The Morgan fingerprint density at radius 3 is 2.55 bits per heavy atom. The maximum atomic E-state index is 13.3. The summed E-state index contributed by atoms with van der Waals surface area (Å²) in [6, 6.07) is 25.3. The molecule has 0 bridgehead atoms. The monoisotopic (exact) mass is 619 g/mol. The lowest BCUT2D eigenvalue weighted by Crippen LogP contribution is -2.23. The Morgan fingerprint density at radius 2 is 1.74 bits per heavy atom. The molecule has 0 fully saturated rings. The van der Waals surface area contributed by atoms with Gasteiger partial charge in [0.05, 0.1) is 39.4 Å². The van der Waals surface area contributed by atoms with Crippen molar-refractivity contribution in [2.45, 2.75) is 17.9 Å². The van der Waals surface area contributed by atoms with Gasteiger partial charge in [0.1, 0.15) is 0 Å². The Bertz CT molecular complexity index is 1900. The number of halogens is 1. The van der Waals surface area contributed by atoms with Gasteiger partial charge in [-0.05, 0) is 65.7 Å². The van der Waals surface area contributed by atoms with Crippen molar-refractivity contribution in [3.63, 3.8) is 0 Å². The molecule has 1 N–H and O–H groups in total. The first-order valence-electron chi connectivity index (χ1n) is 13.2. The van der Waals surface area contributed by atoms with Crippen LogP contribution in [0.2, 0.25) is 5.02 Å². The van der Waals surface area contributed by atoms with E-state index in [2.05, 4.69) is 10.4 Å². The molecular weight excluding hydrogens is 594 g/mol. The molecule has 0 radical (unpaired) electrons. The second-order valence-corrected chi connectivity index (χ2v) is 13.3. The van der Waals surface area contributed by atoms with Gasteiger partial charge in [-0.1, -0.05) is 41.9 Å². The number of sulfone groups is 1. The van der Waals surface area contributed by atoms with Crippen LogP contribution in [-0.4, -0.2) is 43.6 Å². The van der Waals surface area contributed by atoms with Gasteiger partial charge in [-0.3, -0.25) is 4.79 Å². The van der Waals surface area contributed by atoms with Gasteiger partial charge in [-0.25, -0.2) is 13.1 Å². The Hall–Kier alpha value is -4.12. The van der Waals surface area contributed by atoms with Gasteiger partial charge < -0.3 is 14.8 Å². The predicted octanol–water partition coefficient (Wildman–Crippen LogP) is 6.42. The highest BCUT2D eigenvalue weighted by Crippen LogP contribution is 2.37. The molecular formula is C31H26ClN3O5S2. The molecule has 0 spiro atoms. The molecule has 8 nitrogen and oxygen atoms in total. The molecule has 3 aromatic carbocycles. The number of benzene rings is 3. The highest BCUT2D eigenvalue weighted by atomic mass is 35.5. The molecule has 0 atom stereocenters. The number of ether oxygens (including phenoxy) is 2. The van der Waals surface area contributed by atoms with Crippen molar-refractivity contribution in [2.24, 2.45) is 0 Å². The second kappa shape index (κ2) is 11.6. The van der Waals surface area contributed by atoms with Gasteiger partial charge in [0.15, 0.2) is 27.0 Å². The molecule has 214 valence electrons. The number of aromatic nitrogens is 2. The molecule has 0 saturated heterocycles. The highest BCUT2D eigenvalue weighted by Gasteiger charge is 2.20. The van der Waals surface area contributed by atoms with E-state index in [4.69, 9.17) is 21.1 Å². The number of hydrogen-bond donors (Lipinski definition) is 1. The van der Waals surface area contributed by atoms with Crippen LogP contribution in [0.25, 0.3) is 26.7 Å². The number of carbonyl (C=O) groups is 1. The van der Waals surface area contributed by atoms with E-state index in [9.17, 15) is 13.2 Å². The first kappa shape index (κ1) is 28.0. The van der Waals surface area contributed by atoms with E-state index >= 15 is 0 Å². The van der Waals surface area contributed by atoms with Crippen LogP contribution in [0.5, 0.6) is 11.5 Å². The molecule has 1 aliphatic heterocycles. The van der Waals surface area contributed by atoms with Gasteiger partial charge in [-0.2, -0.15) is 5.10 Å². The lowest BCUT2D eigenvalue weighted by Gasteiger charge is -2.10. The number of thiophene rings is 1. The van der Waals surface area contributed by atoms with Gasteiger partial charge in [0.25, 0.3) is 5.91 Å². The molecule has 6 rings (SSSR count). The van der Waals surface area contributed by atoms with Gasteiger partial charge in [0.2, 0.25) is 0 Å². The molecule has 3 heterocycles. The number of amides is 1. The van der Waals surface area contributed by atoms with E-state index in [1.54, 1.807) is 35.0 Å². The molecule has 0 aliphatic carbocycles. The predicted molar refractivity (Wildman–Crippen MR) is 164 cm³/mol. The fraction of sp³-hybridized carbons (Fsp3) is 0.161. The summed E-state index contributed by atoms with van der Waals surface area (Å²) in [6.45, 7) is 1.47.